The van der Waals surface area contributed by atoms with Crippen LogP contribution in [0.5, 0.6) is 0 Å². The number of nitrogens with zero attached hydrogens (tertiary/aromatic N) is 1. The molecule has 1 aliphatic heterocycles. The molecule has 3 atom stereocenters. The highest BCUT2D eigenvalue weighted by molar-refractivity contribution is 5.96. The molecule has 5 heteroatoms. The molecule has 1 aliphatic rings. The van der Waals surface area contributed by atoms with Crippen LogP contribution in [-0.4, -0.2) is 48.6 Å². The predicted octanol–water partition coefficient (Wildman–Crippen LogP) is 0.147. The van der Waals surface area contributed by atoms with Crippen LogP contribution in [0.3, 0.4) is 0 Å². The molecule has 3 unspecified atom stereocenters. The van der Waals surface area contributed by atoms with E-state index in [1.165, 1.54) is 0 Å². The number of rotatable bonds is 4. The molecule has 16 heavy (non-hydrogen) atoms. The molecular formula is C11H20N2O3. The summed E-state index contributed by atoms with van der Waals surface area (Å²) in [5.74, 6) is -0.103. The minimum Gasteiger partial charge on any atom is -0.383 e. The Labute approximate surface area is 96.1 Å². The summed E-state index contributed by atoms with van der Waals surface area (Å²) in [6.45, 7) is 5.95. The molecule has 0 aromatic heterocycles. The molecule has 5 nitrogen and oxygen atoms in total. The van der Waals surface area contributed by atoms with Crippen molar-refractivity contribution in [1.29, 1.82) is 0 Å². The number of nitrogens with one attached hydrogen (secondary N) is 1. The molecule has 2 amide bonds. The maximum absolute atomic E-state index is 12.0. The van der Waals surface area contributed by atoms with Crippen molar-refractivity contribution in [2.45, 2.75) is 45.3 Å². The van der Waals surface area contributed by atoms with Crippen molar-refractivity contribution in [3.63, 3.8) is 0 Å². The van der Waals surface area contributed by atoms with Crippen molar-refractivity contribution < 1.29 is 14.3 Å². The summed E-state index contributed by atoms with van der Waals surface area (Å²) in [4.78, 5) is 25.4. The summed E-state index contributed by atoms with van der Waals surface area (Å²) in [5, 5.41) is 2.69. The molecule has 1 heterocycles. The summed E-state index contributed by atoms with van der Waals surface area (Å²) in [5.41, 5.74) is 0. The lowest BCUT2D eigenvalue weighted by molar-refractivity contribution is -0.152. The number of ether oxygens (including phenoxy) is 1. The average Bonchev–Trinajstić information content (AvgIpc) is 2.23. The van der Waals surface area contributed by atoms with Gasteiger partial charge in [-0.05, 0) is 20.3 Å². The van der Waals surface area contributed by atoms with Gasteiger partial charge in [0.25, 0.3) is 0 Å². The van der Waals surface area contributed by atoms with Crippen molar-refractivity contribution in [2.75, 3.05) is 13.7 Å². The van der Waals surface area contributed by atoms with Crippen molar-refractivity contribution >= 4 is 11.8 Å². The number of hydrogen-bond donors (Lipinski definition) is 1. The fourth-order valence-electron chi connectivity index (χ4n) is 2.10. The smallest absolute Gasteiger partial charge is 0.245 e. The molecule has 0 aliphatic carbocycles. The van der Waals surface area contributed by atoms with Gasteiger partial charge in [0.1, 0.15) is 12.1 Å². The van der Waals surface area contributed by atoms with Gasteiger partial charge in [0.05, 0.1) is 12.6 Å². The molecular weight excluding hydrogens is 208 g/mol. The van der Waals surface area contributed by atoms with E-state index in [4.69, 9.17) is 4.74 Å². The Morgan fingerprint density at radius 2 is 2.12 bits per heavy atom. The second kappa shape index (κ2) is 5.30. The first kappa shape index (κ1) is 13.0. The number of carbonyl (C=O) groups is 2. The SMILES string of the molecule is CCC1C(=O)NC(C)C(=O)N1C(C)COC. The topological polar surface area (TPSA) is 58.6 Å². The van der Waals surface area contributed by atoms with E-state index in [9.17, 15) is 9.59 Å². The van der Waals surface area contributed by atoms with Crippen molar-refractivity contribution in [3.05, 3.63) is 0 Å². The van der Waals surface area contributed by atoms with Crippen LogP contribution in [0.25, 0.3) is 0 Å². The zero-order valence-electron chi connectivity index (χ0n) is 10.3. The maximum atomic E-state index is 12.0. The second-order valence-electron chi connectivity index (χ2n) is 4.20. The first-order chi connectivity index (χ1) is 7.52. The fourth-order valence-corrected chi connectivity index (χ4v) is 2.10. The highest BCUT2D eigenvalue weighted by Crippen LogP contribution is 2.16. The molecule has 92 valence electrons. The van der Waals surface area contributed by atoms with Gasteiger partial charge in [-0.3, -0.25) is 9.59 Å². The van der Waals surface area contributed by atoms with Crippen molar-refractivity contribution in [3.8, 4) is 0 Å². The lowest BCUT2D eigenvalue weighted by Crippen LogP contribution is -2.64. The summed E-state index contributed by atoms with van der Waals surface area (Å²) < 4.78 is 5.04. The molecule has 0 radical (unpaired) electrons. The number of amides is 2. The molecule has 0 spiro atoms. The van der Waals surface area contributed by atoms with Crippen LogP contribution in [0.15, 0.2) is 0 Å². The van der Waals surface area contributed by atoms with Crippen LogP contribution in [0.4, 0.5) is 0 Å². The Balaban J connectivity index is 2.88. The van der Waals surface area contributed by atoms with Crippen LogP contribution in [-0.2, 0) is 14.3 Å². The van der Waals surface area contributed by atoms with Gasteiger partial charge in [-0.2, -0.15) is 0 Å². The Hall–Kier alpha value is -1.10. The lowest BCUT2D eigenvalue weighted by Gasteiger charge is -2.41. The molecule has 0 aromatic rings. The monoisotopic (exact) mass is 228 g/mol. The van der Waals surface area contributed by atoms with Gasteiger partial charge in [0.15, 0.2) is 0 Å². The third-order valence-electron chi connectivity index (χ3n) is 2.89. The van der Waals surface area contributed by atoms with Gasteiger partial charge in [0, 0.05) is 7.11 Å². The van der Waals surface area contributed by atoms with Crippen molar-refractivity contribution in [1.82, 2.24) is 10.2 Å². The third kappa shape index (κ3) is 2.35. The van der Waals surface area contributed by atoms with Gasteiger partial charge >= 0.3 is 0 Å². The number of hydrogen-bond acceptors (Lipinski definition) is 3. The lowest BCUT2D eigenvalue weighted by atomic mass is 10.0. The quantitative estimate of drug-likeness (QED) is 0.745. The van der Waals surface area contributed by atoms with Crippen molar-refractivity contribution in [2.24, 2.45) is 0 Å². The van der Waals surface area contributed by atoms with E-state index in [2.05, 4.69) is 5.32 Å². The largest absolute Gasteiger partial charge is 0.383 e. The first-order valence-corrected chi connectivity index (χ1v) is 5.64. The van der Waals surface area contributed by atoms with Gasteiger partial charge in [0.2, 0.25) is 11.8 Å². The van der Waals surface area contributed by atoms with E-state index in [-0.39, 0.29) is 23.9 Å². The Morgan fingerprint density at radius 1 is 1.50 bits per heavy atom. The third-order valence-corrected chi connectivity index (χ3v) is 2.89. The van der Waals surface area contributed by atoms with Gasteiger partial charge in [-0.15, -0.1) is 0 Å². The zero-order chi connectivity index (χ0) is 12.3. The van der Waals surface area contributed by atoms with E-state index in [1.54, 1.807) is 18.9 Å². The summed E-state index contributed by atoms with van der Waals surface area (Å²) in [6.07, 6.45) is 0.623. The summed E-state index contributed by atoms with van der Waals surface area (Å²) >= 11 is 0. The second-order valence-corrected chi connectivity index (χ2v) is 4.20. The number of methoxy groups -OCH3 is 1. The van der Waals surface area contributed by atoms with Crippen LogP contribution < -0.4 is 5.32 Å². The molecule has 1 N–H and O–H groups in total. The molecule has 1 fully saturated rings. The average molecular weight is 228 g/mol. The summed E-state index contributed by atoms with van der Waals surface area (Å²) in [6, 6.07) is -0.876. The molecule has 0 aromatic carbocycles. The highest BCUT2D eigenvalue weighted by Gasteiger charge is 2.39. The van der Waals surface area contributed by atoms with Crippen LogP contribution in [0.1, 0.15) is 27.2 Å². The number of carbonyl (C=O) groups excluding carboxylic acids is 2. The Bertz CT molecular complexity index is 280. The molecule has 0 bridgehead atoms. The number of piperazine rings is 1. The van der Waals surface area contributed by atoms with E-state index in [1.807, 2.05) is 13.8 Å². The Morgan fingerprint density at radius 3 is 2.62 bits per heavy atom. The van der Waals surface area contributed by atoms with Crippen LogP contribution in [0.2, 0.25) is 0 Å². The zero-order valence-corrected chi connectivity index (χ0v) is 10.3. The van der Waals surface area contributed by atoms with E-state index < -0.39 is 6.04 Å². The maximum Gasteiger partial charge on any atom is 0.245 e. The highest BCUT2D eigenvalue weighted by atomic mass is 16.5. The van der Waals surface area contributed by atoms with E-state index in [0.29, 0.717) is 13.0 Å². The van der Waals surface area contributed by atoms with Gasteiger partial charge in [-0.25, -0.2) is 0 Å². The minimum atomic E-state index is -0.436. The van der Waals surface area contributed by atoms with Gasteiger partial charge < -0.3 is 15.0 Å². The van der Waals surface area contributed by atoms with E-state index >= 15 is 0 Å². The van der Waals surface area contributed by atoms with Crippen LogP contribution in [0, 0.1) is 0 Å². The van der Waals surface area contributed by atoms with Crippen LogP contribution >= 0.6 is 0 Å². The summed E-state index contributed by atoms with van der Waals surface area (Å²) in [7, 11) is 1.59. The fraction of sp³-hybridized carbons (Fsp3) is 0.818. The molecule has 0 saturated carbocycles. The van der Waals surface area contributed by atoms with E-state index in [0.717, 1.165) is 0 Å². The molecule has 1 rings (SSSR count). The standard InChI is InChI=1S/C11H20N2O3/c1-5-9-10(14)12-8(3)11(15)13(9)7(2)6-16-4/h7-9H,5-6H2,1-4H3,(H,12,14). The predicted molar refractivity (Wildman–Crippen MR) is 59.9 cm³/mol. The first-order valence-electron chi connectivity index (χ1n) is 5.64. The van der Waals surface area contributed by atoms with Gasteiger partial charge in [-0.1, -0.05) is 6.92 Å². The minimum absolute atomic E-state index is 0.0315. The normalized spacial score (nSPS) is 27.9. The Kier molecular flexibility index (Phi) is 4.29. The molecule has 1 saturated heterocycles.